The Kier molecular flexibility index (Phi) is 3.67. The van der Waals surface area contributed by atoms with Crippen LogP contribution >= 0.6 is 39.1 Å². The molecule has 1 heterocycles. The van der Waals surface area contributed by atoms with E-state index in [4.69, 9.17) is 23.2 Å². The van der Waals surface area contributed by atoms with Crippen LogP contribution in [0.5, 0.6) is 0 Å². The smallest absolute Gasteiger partial charge is 0.140 e. The third-order valence-electron chi connectivity index (χ3n) is 2.19. The first kappa shape index (κ1) is 12.1. The van der Waals surface area contributed by atoms with Crippen LogP contribution in [0.2, 0.25) is 10.2 Å². The molecule has 0 spiro atoms. The Balaban J connectivity index is 2.71. The maximum Gasteiger partial charge on any atom is 0.140 e. The molecule has 0 aliphatic heterocycles. The molecule has 0 fully saturated rings. The van der Waals surface area contributed by atoms with E-state index in [9.17, 15) is 0 Å². The largest absolute Gasteiger partial charge is 0.232 e. The van der Waals surface area contributed by atoms with E-state index in [1.807, 2.05) is 6.07 Å². The van der Waals surface area contributed by atoms with Crippen molar-refractivity contribution in [2.45, 2.75) is 19.8 Å². The number of hydrogen-bond acceptors (Lipinski definition) is 2. The first-order valence-corrected chi connectivity index (χ1v) is 6.48. The van der Waals surface area contributed by atoms with Crippen molar-refractivity contribution < 1.29 is 0 Å². The Hall–Kier alpha value is -0.380. The molecule has 0 radical (unpaired) electrons. The molecule has 2 aromatic rings. The van der Waals surface area contributed by atoms with Crippen LogP contribution in [0.15, 0.2) is 16.6 Å². The average Bonchev–Trinajstić information content (AvgIpc) is 2.20. The van der Waals surface area contributed by atoms with E-state index in [1.165, 1.54) is 0 Å². The van der Waals surface area contributed by atoms with E-state index in [0.717, 1.165) is 34.0 Å². The molecule has 0 aliphatic carbocycles. The summed E-state index contributed by atoms with van der Waals surface area (Å²) in [5.74, 6) is 0.767. The molecule has 0 unspecified atom stereocenters. The first-order valence-electron chi connectivity index (χ1n) is 4.93. The zero-order valence-electron chi connectivity index (χ0n) is 8.60. The van der Waals surface area contributed by atoms with Gasteiger partial charge in [0.1, 0.15) is 11.0 Å². The van der Waals surface area contributed by atoms with Crippen LogP contribution in [0.3, 0.4) is 0 Å². The molecule has 84 valence electrons. The van der Waals surface area contributed by atoms with Crippen molar-refractivity contribution in [3.05, 3.63) is 32.6 Å². The number of aromatic nitrogens is 2. The lowest BCUT2D eigenvalue weighted by atomic mass is 10.2. The maximum atomic E-state index is 6.11. The third-order valence-corrected chi connectivity index (χ3v) is 3.30. The molecule has 2 rings (SSSR count). The normalized spacial score (nSPS) is 11.0. The summed E-state index contributed by atoms with van der Waals surface area (Å²) in [7, 11) is 0. The number of benzene rings is 1. The molecule has 0 bridgehead atoms. The predicted octanol–water partition coefficient (Wildman–Crippen LogP) is 4.65. The fraction of sp³-hybridized carbons (Fsp3) is 0.273. The van der Waals surface area contributed by atoms with Crippen molar-refractivity contribution in [1.82, 2.24) is 9.97 Å². The van der Waals surface area contributed by atoms with Crippen molar-refractivity contribution in [3.8, 4) is 0 Å². The van der Waals surface area contributed by atoms with E-state index >= 15 is 0 Å². The molecular weight excluding hydrogens is 311 g/mol. The van der Waals surface area contributed by atoms with Gasteiger partial charge in [-0.25, -0.2) is 9.97 Å². The lowest BCUT2D eigenvalue weighted by Gasteiger charge is -2.05. The highest BCUT2D eigenvalue weighted by Gasteiger charge is 2.09. The van der Waals surface area contributed by atoms with Gasteiger partial charge >= 0.3 is 0 Å². The molecule has 16 heavy (non-hydrogen) atoms. The van der Waals surface area contributed by atoms with Gasteiger partial charge in [-0.2, -0.15) is 0 Å². The highest BCUT2D eigenvalue weighted by Crippen LogP contribution is 2.30. The summed E-state index contributed by atoms with van der Waals surface area (Å²) in [6.45, 7) is 2.08. The van der Waals surface area contributed by atoms with E-state index in [1.54, 1.807) is 6.07 Å². The molecule has 1 aromatic carbocycles. The maximum absolute atomic E-state index is 6.11. The molecule has 0 aliphatic rings. The molecule has 1 aromatic heterocycles. The van der Waals surface area contributed by atoms with Gasteiger partial charge in [0.25, 0.3) is 0 Å². The number of nitrogens with zero attached hydrogens (tertiary/aromatic N) is 2. The summed E-state index contributed by atoms with van der Waals surface area (Å²) in [4.78, 5) is 8.71. The van der Waals surface area contributed by atoms with Crippen LogP contribution < -0.4 is 0 Å². The number of halogens is 3. The Bertz CT molecular complexity index is 543. The second-order valence-corrected chi connectivity index (χ2v) is 5.11. The molecule has 0 saturated carbocycles. The molecule has 0 N–H and O–H groups in total. The van der Waals surface area contributed by atoms with Crippen molar-refractivity contribution in [2.75, 3.05) is 0 Å². The monoisotopic (exact) mass is 318 g/mol. The Morgan fingerprint density at radius 1 is 1.25 bits per heavy atom. The van der Waals surface area contributed by atoms with Crippen LogP contribution in [-0.2, 0) is 6.42 Å². The summed E-state index contributed by atoms with van der Waals surface area (Å²) in [6, 6.07) is 3.59. The molecule has 0 amide bonds. The van der Waals surface area contributed by atoms with Gasteiger partial charge in [0, 0.05) is 21.3 Å². The predicted molar refractivity (Wildman–Crippen MR) is 71.3 cm³/mol. The molecule has 5 heteroatoms. The quantitative estimate of drug-likeness (QED) is 0.753. The second-order valence-electron chi connectivity index (χ2n) is 3.46. The average molecular weight is 320 g/mol. The fourth-order valence-electron chi connectivity index (χ4n) is 1.50. The number of fused-ring (bicyclic) bond motifs is 1. The SMILES string of the molecule is CCCc1nc(Cl)c2cc(Cl)cc(Br)c2n1. The van der Waals surface area contributed by atoms with Crippen LogP contribution in [-0.4, -0.2) is 9.97 Å². The van der Waals surface area contributed by atoms with Crippen molar-refractivity contribution in [3.63, 3.8) is 0 Å². The van der Waals surface area contributed by atoms with E-state index in [2.05, 4.69) is 32.8 Å². The standard InChI is InChI=1S/C11H9BrCl2N2/c1-2-3-9-15-10-7(11(14)16-9)4-6(13)5-8(10)12/h4-5H,2-3H2,1H3. The molecule has 2 nitrogen and oxygen atoms in total. The summed E-state index contributed by atoms with van der Waals surface area (Å²) >= 11 is 15.5. The molecular formula is C11H9BrCl2N2. The zero-order chi connectivity index (χ0) is 11.7. The second kappa shape index (κ2) is 4.86. The van der Waals surface area contributed by atoms with E-state index in [-0.39, 0.29) is 0 Å². The van der Waals surface area contributed by atoms with Crippen LogP contribution in [0.25, 0.3) is 10.9 Å². The van der Waals surface area contributed by atoms with Gasteiger partial charge in [-0.05, 0) is 34.5 Å². The molecule has 0 saturated heterocycles. The minimum atomic E-state index is 0.455. The minimum absolute atomic E-state index is 0.455. The van der Waals surface area contributed by atoms with Gasteiger partial charge in [0.2, 0.25) is 0 Å². The lowest BCUT2D eigenvalue weighted by molar-refractivity contribution is 0.844. The summed E-state index contributed by atoms with van der Waals surface area (Å²) < 4.78 is 0.844. The first-order chi connectivity index (χ1) is 7.61. The van der Waals surface area contributed by atoms with Crippen molar-refractivity contribution in [1.29, 1.82) is 0 Å². The minimum Gasteiger partial charge on any atom is -0.232 e. The zero-order valence-corrected chi connectivity index (χ0v) is 11.7. The van der Waals surface area contributed by atoms with Gasteiger partial charge in [-0.1, -0.05) is 30.1 Å². The number of hydrogen-bond donors (Lipinski definition) is 0. The summed E-state index contributed by atoms with van der Waals surface area (Å²) in [6.07, 6.45) is 1.82. The Morgan fingerprint density at radius 3 is 2.69 bits per heavy atom. The van der Waals surface area contributed by atoms with E-state index in [0.29, 0.717) is 10.2 Å². The van der Waals surface area contributed by atoms with E-state index < -0.39 is 0 Å². The van der Waals surface area contributed by atoms with Gasteiger partial charge < -0.3 is 0 Å². The van der Waals surface area contributed by atoms with Crippen molar-refractivity contribution in [2.24, 2.45) is 0 Å². The van der Waals surface area contributed by atoms with Crippen LogP contribution in [0.4, 0.5) is 0 Å². The number of rotatable bonds is 2. The topological polar surface area (TPSA) is 25.8 Å². The third kappa shape index (κ3) is 2.31. The van der Waals surface area contributed by atoms with Gasteiger partial charge in [-0.15, -0.1) is 0 Å². The van der Waals surface area contributed by atoms with Crippen LogP contribution in [0, 0.1) is 0 Å². The van der Waals surface area contributed by atoms with Gasteiger partial charge in [0.05, 0.1) is 5.52 Å². The highest BCUT2D eigenvalue weighted by atomic mass is 79.9. The Morgan fingerprint density at radius 2 is 2.00 bits per heavy atom. The van der Waals surface area contributed by atoms with Crippen molar-refractivity contribution >= 4 is 50.0 Å². The fourth-order valence-corrected chi connectivity index (χ4v) is 2.64. The summed E-state index contributed by atoms with van der Waals surface area (Å²) in [5.41, 5.74) is 0.813. The Labute approximate surface area is 112 Å². The number of aryl methyl sites for hydroxylation is 1. The van der Waals surface area contributed by atoms with Gasteiger partial charge in [0.15, 0.2) is 0 Å². The van der Waals surface area contributed by atoms with Gasteiger partial charge in [-0.3, -0.25) is 0 Å². The lowest BCUT2D eigenvalue weighted by Crippen LogP contribution is -1.96. The molecule has 0 atom stereocenters. The van der Waals surface area contributed by atoms with Crippen LogP contribution in [0.1, 0.15) is 19.2 Å². The highest BCUT2D eigenvalue weighted by molar-refractivity contribution is 9.10. The summed E-state index contributed by atoms with van der Waals surface area (Å²) in [5, 5.41) is 1.85.